The molecule has 0 unspecified atom stereocenters. The third-order valence-electron chi connectivity index (χ3n) is 6.67. The number of amides is 1. The van der Waals surface area contributed by atoms with Crippen LogP contribution in [0.25, 0.3) is 10.1 Å². The average molecular weight is 730 g/mol. The van der Waals surface area contributed by atoms with Crippen LogP contribution in [-0.2, 0) is 31.1 Å². The van der Waals surface area contributed by atoms with Crippen molar-refractivity contribution in [3.63, 3.8) is 0 Å². The number of rotatable bonds is 9. The predicted molar refractivity (Wildman–Crippen MR) is 161 cm³/mol. The van der Waals surface area contributed by atoms with E-state index in [-0.39, 0.29) is 33.4 Å². The molecule has 2 heterocycles. The van der Waals surface area contributed by atoms with Crippen molar-refractivity contribution in [1.82, 2.24) is 4.72 Å². The Hall–Kier alpha value is -3.76. The molecule has 1 saturated heterocycles. The minimum absolute atomic E-state index is 0.0190. The largest absolute Gasteiger partial charge is 0.482 e. The lowest BCUT2D eigenvalue weighted by atomic mass is 10.1. The number of sulfonamides is 1. The van der Waals surface area contributed by atoms with E-state index in [0.717, 1.165) is 18.3 Å². The van der Waals surface area contributed by atoms with Gasteiger partial charge in [-0.3, -0.25) is 4.79 Å². The molecule has 19 heteroatoms. The molecule has 256 valence electrons. The highest BCUT2D eigenvalue weighted by Crippen LogP contribution is 2.39. The Morgan fingerprint density at radius 3 is 2.36 bits per heavy atom. The number of hydrogen-bond acceptors (Lipinski definition) is 9. The molecule has 1 aliphatic rings. The minimum atomic E-state index is -4.86. The maximum Gasteiger partial charge on any atom is 0.422 e. The number of sulfone groups is 1. The van der Waals surface area contributed by atoms with Crippen LogP contribution in [0.15, 0.2) is 35.2 Å². The summed E-state index contributed by atoms with van der Waals surface area (Å²) in [6, 6.07) is 5.46. The van der Waals surface area contributed by atoms with Gasteiger partial charge in [0.2, 0.25) is 5.91 Å². The van der Waals surface area contributed by atoms with Gasteiger partial charge in [-0.15, -0.1) is 11.3 Å². The molecule has 0 radical (unpaired) electrons. The molecular formula is C28H26F7N3O6S3. The standard InChI is InChI=1S/C28H26F7N3O6S3/c1-16(39)38-47(42,43)25-13-23(44-15-28(33,34)35)22(12-20(25)29)36-9-3-6-24-19(14-27(30,31)32)18-4-2-5-21(26(18)45-24)37-17-7-10-46(40,41)11-8-17/h2,4-5,12-13,17,36-37H,7-11,14-15H2,1H3,(H,38,39). The molecular weight excluding hydrogens is 704 g/mol. The second-order valence-corrected chi connectivity index (χ2v) is 15.4. The molecule has 0 saturated carbocycles. The first kappa shape index (κ1) is 36.1. The number of fused-ring (bicyclic) bond motifs is 1. The maximum atomic E-state index is 14.8. The zero-order chi connectivity index (χ0) is 34.8. The number of ether oxygens (including phenoxy) is 1. The minimum Gasteiger partial charge on any atom is -0.482 e. The number of hydrogen-bond donors (Lipinski definition) is 3. The zero-order valence-corrected chi connectivity index (χ0v) is 26.7. The van der Waals surface area contributed by atoms with E-state index in [1.807, 2.05) is 0 Å². The van der Waals surface area contributed by atoms with Crippen LogP contribution in [0.5, 0.6) is 5.75 Å². The third-order valence-corrected chi connectivity index (χ3v) is 11.0. The Morgan fingerprint density at radius 2 is 1.74 bits per heavy atom. The Bertz CT molecular complexity index is 1930. The maximum absolute atomic E-state index is 14.8. The summed E-state index contributed by atoms with van der Waals surface area (Å²) in [5.74, 6) is 1.87. The highest BCUT2D eigenvalue weighted by atomic mass is 32.2. The predicted octanol–water partition coefficient (Wildman–Crippen LogP) is 5.36. The molecule has 1 aliphatic heterocycles. The van der Waals surface area contributed by atoms with Crippen LogP contribution >= 0.6 is 11.3 Å². The van der Waals surface area contributed by atoms with E-state index in [4.69, 9.17) is 0 Å². The second-order valence-electron chi connectivity index (χ2n) is 10.5. The Labute approximate surface area is 268 Å². The van der Waals surface area contributed by atoms with Crippen molar-refractivity contribution in [1.29, 1.82) is 0 Å². The topological polar surface area (TPSA) is 131 Å². The summed E-state index contributed by atoms with van der Waals surface area (Å²) < 4.78 is 149. The SMILES string of the molecule is CC(=O)NS(=O)(=O)c1cc(OCC(F)(F)F)c(NCC#Cc2sc3c(NC4CCS(=O)(=O)CC4)cccc3c2CC(F)(F)F)cc1F. The van der Waals surface area contributed by atoms with Gasteiger partial charge in [0, 0.05) is 25.1 Å². The van der Waals surface area contributed by atoms with Crippen LogP contribution < -0.4 is 20.1 Å². The number of anilines is 2. The molecule has 1 fully saturated rings. The third kappa shape index (κ3) is 9.87. The van der Waals surface area contributed by atoms with E-state index in [9.17, 15) is 52.4 Å². The second kappa shape index (κ2) is 13.8. The first-order valence-electron chi connectivity index (χ1n) is 13.6. The van der Waals surface area contributed by atoms with Gasteiger partial charge in [-0.2, -0.15) is 26.3 Å². The quantitative estimate of drug-likeness (QED) is 0.198. The van der Waals surface area contributed by atoms with Gasteiger partial charge in [-0.05, 0) is 29.9 Å². The lowest BCUT2D eigenvalue weighted by molar-refractivity contribution is -0.153. The van der Waals surface area contributed by atoms with Crippen LogP contribution in [0.2, 0.25) is 0 Å². The van der Waals surface area contributed by atoms with Gasteiger partial charge in [0.05, 0.1) is 45.4 Å². The molecule has 2 aromatic carbocycles. The van der Waals surface area contributed by atoms with Gasteiger partial charge >= 0.3 is 12.4 Å². The van der Waals surface area contributed by atoms with E-state index < -0.39 is 79.8 Å². The van der Waals surface area contributed by atoms with Crippen LogP contribution in [0.1, 0.15) is 30.2 Å². The van der Waals surface area contributed by atoms with Crippen molar-refractivity contribution in [3.05, 3.63) is 46.6 Å². The lowest BCUT2D eigenvalue weighted by Gasteiger charge is -2.24. The molecule has 9 nitrogen and oxygen atoms in total. The first-order valence-corrected chi connectivity index (χ1v) is 17.7. The molecule has 3 aromatic rings. The van der Waals surface area contributed by atoms with Gasteiger partial charge in [0.15, 0.2) is 6.61 Å². The Balaban J connectivity index is 1.64. The zero-order valence-electron chi connectivity index (χ0n) is 24.2. The number of thiophene rings is 1. The number of carbonyl (C=O) groups excluding carboxylic acids is 1. The molecule has 4 rings (SSSR count). The molecule has 0 bridgehead atoms. The normalized spacial score (nSPS) is 15.5. The first-order chi connectivity index (χ1) is 21.7. The Morgan fingerprint density at radius 1 is 1.06 bits per heavy atom. The fourth-order valence-electron chi connectivity index (χ4n) is 4.68. The van der Waals surface area contributed by atoms with Crippen molar-refractivity contribution in [2.24, 2.45) is 0 Å². The van der Waals surface area contributed by atoms with Crippen molar-refractivity contribution >= 4 is 58.6 Å². The van der Waals surface area contributed by atoms with E-state index in [1.54, 1.807) is 12.1 Å². The summed E-state index contributed by atoms with van der Waals surface area (Å²) in [6.07, 6.45) is -10.1. The van der Waals surface area contributed by atoms with E-state index in [0.29, 0.717) is 35.4 Å². The molecule has 0 aliphatic carbocycles. The highest BCUT2D eigenvalue weighted by molar-refractivity contribution is 7.91. The van der Waals surface area contributed by atoms with Crippen LogP contribution in [0.4, 0.5) is 42.1 Å². The summed E-state index contributed by atoms with van der Waals surface area (Å²) in [7, 11) is -7.95. The van der Waals surface area contributed by atoms with Gasteiger partial charge in [0.1, 0.15) is 26.3 Å². The Kier molecular flexibility index (Phi) is 10.6. The van der Waals surface area contributed by atoms with E-state index >= 15 is 0 Å². The fraction of sp³-hybridized carbons (Fsp3) is 0.393. The summed E-state index contributed by atoms with van der Waals surface area (Å²) in [5.41, 5.74) is -0.0639. The molecule has 1 aromatic heterocycles. The van der Waals surface area contributed by atoms with Crippen LogP contribution in [0.3, 0.4) is 0 Å². The summed E-state index contributed by atoms with van der Waals surface area (Å²) >= 11 is 0.959. The number of alkyl halides is 6. The highest BCUT2D eigenvalue weighted by Gasteiger charge is 2.32. The van der Waals surface area contributed by atoms with Crippen LogP contribution in [-0.4, -0.2) is 65.8 Å². The monoisotopic (exact) mass is 729 g/mol. The van der Waals surface area contributed by atoms with Gasteiger partial charge < -0.3 is 15.4 Å². The van der Waals surface area contributed by atoms with Crippen molar-refractivity contribution in [3.8, 4) is 17.6 Å². The number of carbonyl (C=O) groups is 1. The van der Waals surface area contributed by atoms with E-state index in [2.05, 4.69) is 27.2 Å². The van der Waals surface area contributed by atoms with Crippen LogP contribution in [0, 0.1) is 17.7 Å². The number of nitrogens with one attached hydrogen (secondary N) is 3. The molecule has 0 atom stereocenters. The van der Waals surface area contributed by atoms with Crippen molar-refractivity contribution < 1.29 is 57.1 Å². The van der Waals surface area contributed by atoms with E-state index in [1.165, 1.54) is 10.8 Å². The molecule has 47 heavy (non-hydrogen) atoms. The number of halogens is 7. The fourth-order valence-corrected chi connectivity index (χ4v) is 8.41. The summed E-state index contributed by atoms with van der Waals surface area (Å²) in [4.78, 5) is 10.1. The average Bonchev–Trinajstić information content (AvgIpc) is 3.27. The summed E-state index contributed by atoms with van der Waals surface area (Å²) in [6.45, 7) is -1.50. The van der Waals surface area contributed by atoms with Crippen molar-refractivity contribution in [2.75, 3.05) is 35.3 Å². The molecule has 3 N–H and O–H groups in total. The van der Waals surface area contributed by atoms with Gasteiger partial charge in [-0.1, -0.05) is 24.0 Å². The number of benzene rings is 2. The van der Waals surface area contributed by atoms with Crippen molar-refractivity contribution in [2.45, 2.75) is 49.5 Å². The van der Waals surface area contributed by atoms with Gasteiger partial charge in [-0.25, -0.2) is 25.9 Å². The lowest BCUT2D eigenvalue weighted by Crippen LogP contribution is -2.32. The van der Waals surface area contributed by atoms with Gasteiger partial charge in [0.25, 0.3) is 10.0 Å². The smallest absolute Gasteiger partial charge is 0.422 e. The molecule has 0 spiro atoms. The summed E-state index contributed by atoms with van der Waals surface area (Å²) in [5, 5.41) is 5.99. The molecule has 1 amide bonds.